The first-order chi connectivity index (χ1) is 8.63. The van der Waals surface area contributed by atoms with Crippen LogP contribution >= 0.6 is 27.3 Å². The molecule has 3 saturated heterocycles. The normalized spacial score (nSPS) is 34.6. The number of thiazole rings is 1. The molecule has 4 rings (SSSR count). The summed E-state index contributed by atoms with van der Waals surface area (Å²) in [4.78, 5) is 18.7. The molecule has 3 aliphatic heterocycles. The molecule has 2 bridgehead atoms. The zero-order valence-electron chi connectivity index (χ0n) is 10.2. The topological polar surface area (TPSA) is 45.2 Å². The molecule has 4 heterocycles. The van der Waals surface area contributed by atoms with Crippen molar-refractivity contribution in [3.8, 4) is 0 Å². The minimum atomic E-state index is -0.0305. The van der Waals surface area contributed by atoms with Gasteiger partial charge in [-0.15, -0.1) is 11.3 Å². The van der Waals surface area contributed by atoms with Crippen LogP contribution in [-0.2, 0) is 0 Å². The van der Waals surface area contributed by atoms with Gasteiger partial charge in [-0.1, -0.05) is 0 Å². The molecule has 18 heavy (non-hydrogen) atoms. The Morgan fingerprint density at radius 3 is 3.06 bits per heavy atom. The maximum Gasteiger partial charge on any atom is 0.280 e. The monoisotopic (exact) mass is 329 g/mol. The van der Waals surface area contributed by atoms with E-state index in [1.165, 1.54) is 30.7 Å². The van der Waals surface area contributed by atoms with Crippen molar-refractivity contribution in [3.63, 3.8) is 0 Å². The van der Waals surface area contributed by atoms with Gasteiger partial charge >= 0.3 is 0 Å². The minimum Gasteiger partial charge on any atom is -0.346 e. The fourth-order valence-corrected chi connectivity index (χ4v) is 4.16. The summed E-state index contributed by atoms with van der Waals surface area (Å²) in [6.45, 7) is 4.45. The lowest BCUT2D eigenvalue weighted by Gasteiger charge is -2.48. The zero-order chi connectivity index (χ0) is 12.7. The van der Waals surface area contributed by atoms with Crippen LogP contribution in [0, 0.1) is 5.92 Å². The van der Waals surface area contributed by atoms with E-state index in [2.05, 4.69) is 38.1 Å². The standard InChI is InChI=1S/C12H16BrN3OS/c1-7-4-8-2-3-16(7)6-9(8)15-11(17)12-14-5-10(13)18-12/h5,7-9H,2-4,6H2,1H3,(H,15,17)/t7?,8?,9-/m0/s1. The summed E-state index contributed by atoms with van der Waals surface area (Å²) in [6.07, 6.45) is 4.08. The first-order valence-corrected chi connectivity index (χ1v) is 7.90. The number of carbonyl (C=O) groups excluding carboxylic acids is 1. The van der Waals surface area contributed by atoms with Crippen molar-refractivity contribution in [1.82, 2.24) is 15.2 Å². The van der Waals surface area contributed by atoms with Gasteiger partial charge in [0.25, 0.3) is 5.91 Å². The Morgan fingerprint density at radius 2 is 2.50 bits per heavy atom. The highest BCUT2D eigenvalue weighted by atomic mass is 79.9. The number of fused-ring (bicyclic) bond motifs is 3. The number of piperidine rings is 3. The summed E-state index contributed by atoms with van der Waals surface area (Å²) < 4.78 is 0.898. The molecule has 3 unspecified atom stereocenters. The third-order valence-electron chi connectivity index (χ3n) is 4.04. The first kappa shape index (κ1) is 12.6. The fourth-order valence-electron chi connectivity index (χ4n) is 3.05. The molecule has 1 amide bonds. The Labute approximate surface area is 119 Å². The van der Waals surface area contributed by atoms with Crippen LogP contribution in [0.4, 0.5) is 0 Å². The Hall–Kier alpha value is -0.460. The van der Waals surface area contributed by atoms with E-state index in [1.807, 2.05) is 0 Å². The quantitative estimate of drug-likeness (QED) is 0.903. The number of amides is 1. The molecule has 3 fully saturated rings. The Kier molecular flexibility index (Phi) is 3.42. The van der Waals surface area contributed by atoms with E-state index >= 15 is 0 Å². The van der Waals surface area contributed by atoms with Crippen molar-refractivity contribution >= 4 is 33.2 Å². The van der Waals surface area contributed by atoms with Crippen molar-refractivity contribution in [2.75, 3.05) is 13.1 Å². The summed E-state index contributed by atoms with van der Waals surface area (Å²) >= 11 is 4.72. The second kappa shape index (κ2) is 4.90. The molecule has 4 nitrogen and oxygen atoms in total. The van der Waals surface area contributed by atoms with Crippen LogP contribution in [0.15, 0.2) is 9.98 Å². The van der Waals surface area contributed by atoms with Gasteiger partial charge < -0.3 is 5.32 Å². The van der Waals surface area contributed by atoms with Gasteiger partial charge in [0.2, 0.25) is 0 Å². The van der Waals surface area contributed by atoms with Gasteiger partial charge in [-0.05, 0) is 48.2 Å². The predicted octanol–water partition coefficient (Wildman–Crippen LogP) is 2.12. The van der Waals surface area contributed by atoms with Crippen LogP contribution in [-0.4, -0.2) is 41.0 Å². The third kappa shape index (κ3) is 2.33. The van der Waals surface area contributed by atoms with Gasteiger partial charge in [-0.2, -0.15) is 0 Å². The molecule has 0 saturated carbocycles. The van der Waals surface area contributed by atoms with E-state index < -0.39 is 0 Å². The van der Waals surface area contributed by atoms with E-state index in [-0.39, 0.29) is 5.91 Å². The summed E-state index contributed by atoms with van der Waals surface area (Å²) in [6, 6.07) is 0.969. The lowest BCUT2D eigenvalue weighted by molar-refractivity contribution is 0.0274. The number of rotatable bonds is 2. The molecule has 0 aromatic carbocycles. The molecule has 0 spiro atoms. The number of nitrogens with zero attached hydrogens (tertiary/aromatic N) is 2. The molecular weight excluding hydrogens is 314 g/mol. The largest absolute Gasteiger partial charge is 0.346 e. The molecule has 4 atom stereocenters. The average Bonchev–Trinajstić information content (AvgIpc) is 2.77. The van der Waals surface area contributed by atoms with E-state index in [0.717, 1.165) is 10.3 Å². The van der Waals surface area contributed by atoms with Crippen molar-refractivity contribution in [2.24, 2.45) is 5.92 Å². The van der Waals surface area contributed by atoms with Crippen LogP contribution in [0.3, 0.4) is 0 Å². The molecule has 98 valence electrons. The van der Waals surface area contributed by atoms with Crippen LogP contribution in [0.5, 0.6) is 0 Å². The van der Waals surface area contributed by atoms with Crippen LogP contribution in [0.25, 0.3) is 0 Å². The SMILES string of the molecule is CC1CC2CCN1C[C@@H]2NC(=O)c1ncc(Br)s1. The molecule has 0 radical (unpaired) electrons. The highest BCUT2D eigenvalue weighted by Crippen LogP contribution is 2.32. The summed E-state index contributed by atoms with van der Waals surface area (Å²) in [7, 11) is 0. The van der Waals surface area contributed by atoms with E-state index in [4.69, 9.17) is 0 Å². The molecule has 1 N–H and O–H groups in total. The van der Waals surface area contributed by atoms with Crippen molar-refractivity contribution < 1.29 is 4.79 Å². The van der Waals surface area contributed by atoms with Crippen LogP contribution < -0.4 is 5.32 Å². The lowest BCUT2D eigenvalue weighted by atomic mass is 9.80. The van der Waals surface area contributed by atoms with E-state index in [9.17, 15) is 4.79 Å². The van der Waals surface area contributed by atoms with Gasteiger partial charge in [0.05, 0.1) is 9.98 Å². The summed E-state index contributed by atoms with van der Waals surface area (Å²) in [5, 5.41) is 3.69. The van der Waals surface area contributed by atoms with Gasteiger partial charge in [0.15, 0.2) is 5.01 Å². The minimum absolute atomic E-state index is 0.0305. The number of nitrogens with one attached hydrogen (secondary N) is 1. The number of hydrogen-bond acceptors (Lipinski definition) is 4. The highest BCUT2D eigenvalue weighted by molar-refractivity contribution is 9.11. The molecule has 1 aromatic rings. The van der Waals surface area contributed by atoms with Crippen molar-refractivity contribution in [2.45, 2.75) is 31.8 Å². The highest BCUT2D eigenvalue weighted by Gasteiger charge is 2.38. The number of carbonyl (C=O) groups is 1. The number of aromatic nitrogens is 1. The fraction of sp³-hybridized carbons (Fsp3) is 0.667. The Balaban J connectivity index is 1.65. The third-order valence-corrected chi connectivity index (χ3v) is 5.52. The number of hydrogen-bond donors (Lipinski definition) is 1. The van der Waals surface area contributed by atoms with Gasteiger partial charge in [-0.25, -0.2) is 4.98 Å². The summed E-state index contributed by atoms with van der Waals surface area (Å²) in [5.74, 6) is 0.606. The van der Waals surface area contributed by atoms with Crippen molar-refractivity contribution in [3.05, 3.63) is 15.0 Å². The number of halogens is 1. The van der Waals surface area contributed by atoms with Crippen LogP contribution in [0.1, 0.15) is 29.6 Å². The first-order valence-electron chi connectivity index (χ1n) is 6.29. The van der Waals surface area contributed by atoms with Gasteiger partial charge in [0.1, 0.15) is 0 Å². The van der Waals surface area contributed by atoms with Gasteiger partial charge in [-0.3, -0.25) is 9.69 Å². The average molecular weight is 330 g/mol. The second-order valence-electron chi connectivity index (χ2n) is 5.18. The van der Waals surface area contributed by atoms with E-state index in [0.29, 0.717) is 23.0 Å². The second-order valence-corrected chi connectivity index (χ2v) is 7.59. The molecule has 3 aliphatic rings. The summed E-state index contributed by atoms with van der Waals surface area (Å²) in [5.41, 5.74) is 0. The Morgan fingerprint density at radius 1 is 1.67 bits per heavy atom. The lowest BCUT2D eigenvalue weighted by Crippen LogP contribution is -2.60. The van der Waals surface area contributed by atoms with E-state index in [1.54, 1.807) is 6.20 Å². The Bertz CT molecular complexity index is 464. The zero-order valence-corrected chi connectivity index (χ0v) is 12.6. The van der Waals surface area contributed by atoms with Crippen LogP contribution in [0.2, 0.25) is 0 Å². The van der Waals surface area contributed by atoms with Gasteiger partial charge in [0, 0.05) is 18.6 Å². The molecule has 1 aromatic heterocycles. The smallest absolute Gasteiger partial charge is 0.280 e. The maximum absolute atomic E-state index is 12.1. The maximum atomic E-state index is 12.1. The molecule has 6 heteroatoms. The predicted molar refractivity (Wildman–Crippen MR) is 74.8 cm³/mol. The molecule has 0 aliphatic carbocycles. The molecular formula is C12H16BrN3OS. The van der Waals surface area contributed by atoms with Crippen molar-refractivity contribution in [1.29, 1.82) is 0 Å².